The lowest BCUT2D eigenvalue weighted by molar-refractivity contribution is 0.0936. The summed E-state index contributed by atoms with van der Waals surface area (Å²) in [6, 6.07) is 7.85. The van der Waals surface area contributed by atoms with Crippen LogP contribution < -0.4 is 0 Å². The van der Waals surface area contributed by atoms with Crippen molar-refractivity contribution in [3.8, 4) is 0 Å². The highest BCUT2D eigenvalue weighted by Gasteiger charge is 2.25. The first-order chi connectivity index (χ1) is 8.79. The molecular formula is C16H18O2. The van der Waals surface area contributed by atoms with Crippen LogP contribution in [0.2, 0.25) is 0 Å². The van der Waals surface area contributed by atoms with Gasteiger partial charge in [0.2, 0.25) is 0 Å². The molecule has 0 radical (unpaired) electrons. The van der Waals surface area contributed by atoms with Crippen LogP contribution >= 0.6 is 0 Å². The van der Waals surface area contributed by atoms with Crippen LogP contribution in [-0.2, 0) is 6.42 Å². The Hall–Kier alpha value is -1.57. The smallest absolute Gasteiger partial charge is 0.167 e. The molecule has 2 heteroatoms. The summed E-state index contributed by atoms with van der Waals surface area (Å²) >= 11 is 0. The molecule has 0 unspecified atom stereocenters. The van der Waals surface area contributed by atoms with E-state index >= 15 is 0 Å². The third-order valence-electron chi connectivity index (χ3n) is 3.97. The molecule has 0 bridgehead atoms. The number of carbonyl (C=O) groups excluding carboxylic acids is 1. The summed E-state index contributed by atoms with van der Waals surface area (Å²) in [7, 11) is 0. The van der Waals surface area contributed by atoms with Crippen molar-refractivity contribution in [3.05, 3.63) is 35.6 Å². The standard InChI is InChI=1S/C16H18O2/c1-2-14-16(13(17)10-11-6-5-7-11)12-8-3-4-9-15(12)18-14/h3-4,8-9,11H,2,5-7,10H2,1H3. The maximum Gasteiger partial charge on any atom is 0.167 e. The summed E-state index contributed by atoms with van der Waals surface area (Å²) in [5.74, 6) is 1.72. The SMILES string of the molecule is CCc1oc2ccccc2c1C(=O)CC1CCC1. The number of hydrogen-bond donors (Lipinski definition) is 0. The van der Waals surface area contributed by atoms with Gasteiger partial charge in [-0.2, -0.15) is 0 Å². The average Bonchev–Trinajstić information content (AvgIpc) is 2.72. The third kappa shape index (κ3) is 1.86. The highest BCUT2D eigenvalue weighted by Crippen LogP contribution is 2.33. The molecule has 0 saturated heterocycles. The molecule has 1 fully saturated rings. The summed E-state index contributed by atoms with van der Waals surface area (Å²) in [6.45, 7) is 2.04. The molecule has 1 aromatic carbocycles. The van der Waals surface area contributed by atoms with Crippen LogP contribution in [-0.4, -0.2) is 5.78 Å². The van der Waals surface area contributed by atoms with Gasteiger partial charge in [0.15, 0.2) is 5.78 Å². The largest absolute Gasteiger partial charge is 0.460 e. The molecule has 0 atom stereocenters. The second kappa shape index (κ2) is 4.60. The zero-order valence-electron chi connectivity index (χ0n) is 10.7. The predicted octanol–water partition coefficient (Wildman–Crippen LogP) is 4.37. The van der Waals surface area contributed by atoms with E-state index in [0.717, 1.165) is 28.7 Å². The van der Waals surface area contributed by atoms with Gasteiger partial charge in [0, 0.05) is 18.2 Å². The molecule has 1 aliphatic rings. The molecule has 2 nitrogen and oxygen atoms in total. The molecule has 94 valence electrons. The van der Waals surface area contributed by atoms with E-state index in [9.17, 15) is 4.79 Å². The molecule has 3 rings (SSSR count). The second-order valence-corrected chi connectivity index (χ2v) is 5.17. The Bertz CT molecular complexity index is 576. The van der Waals surface area contributed by atoms with E-state index < -0.39 is 0 Å². The maximum absolute atomic E-state index is 12.4. The molecule has 1 heterocycles. The molecule has 1 aliphatic carbocycles. The van der Waals surface area contributed by atoms with Crippen LogP contribution in [0.15, 0.2) is 28.7 Å². The van der Waals surface area contributed by atoms with E-state index in [4.69, 9.17) is 4.42 Å². The van der Waals surface area contributed by atoms with Gasteiger partial charge in [-0.05, 0) is 12.0 Å². The highest BCUT2D eigenvalue weighted by molar-refractivity contribution is 6.08. The Morgan fingerprint density at radius 2 is 2.11 bits per heavy atom. The minimum absolute atomic E-state index is 0.265. The molecule has 0 N–H and O–H groups in total. The van der Waals surface area contributed by atoms with Gasteiger partial charge in [0.05, 0.1) is 5.56 Å². The number of benzene rings is 1. The van der Waals surface area contributed by atoms with Gasteiger partial charge in [0.25, 0.3) is 0 Å². The fraction of sp³-hybridized carbons (Fsp3) is 0.438. The minimum atomic E-state index is 0.265. The number of para-hydroxylation sites is 1. The minimum Gasteiger partial charge on any atom is -0.460 e. The highest BCUT2D eigenvalue weighted by atomic mass is 16.3. The van der Waals surface area contributed by atoms with Gasteiger partial charge >= 0.3 is 0 Å². The van der Waals surface area contributed by atoms with E-state index in [2.05, 4.69) is 0 Å². The van der Waals surface area contributed by atoms with E-state index in [1.165, 1.54) is 19.3 Å². The van der Waals surface area contributed by atoms with Crippen LogP contribution in [0.4, 0.5) is 0 Å². The van der Waals surface area contributed by atoms with Crippen LogP contribution in [0.25, 0.3) is 11.0 Å². The van der Waals surface area contributed by atoms with Crippen molar-refractivity contribution in [2.45, 2.75) is 39.0 Å². The first-order valence-electron chi connectivity index (χ1n) is 6.83. The summed E-state index contributed by atoms with van der Waals surface area (Å²) in [5.41, 5.74) is 1.67. The molecule has 2 aromatic rings. The van der Waals surface area contributed by atoms with Crippen LogP contribution in [0, 0.1) is 5.92 Å². The molecule has 0 amide bonds. The zero-order valence-corrected chi connectivity index (χ0v) is 10.7. The van der Waals surface area contributed by atoms with Crippen molar-refractivity contribution in [2.75, 3.05) is 0 Å². The van der Waals surface area contributed by atoms with Gasteiger partial charge < -0.3 is 4.42 Å². The van der Waals surface area contributed by atoms with Gasteiger partial charge in [0.1, 0.15) is 11.3 Å². The number of furan rings is 1. The summed E-state index contributed by atoms with van der Waals surface area (Å²) < 4.78 is 5.78. The molecule has 1 aromatic heterocycles. The van der Waals surface area contributed by atoms with Gasteiger partial charge in [-0.1, -0.05) is 44.4 Å². The monoisotopic (exact) mass is 242 g/mol. The average molecular weight is 242 g/mol. The zero-order chi connectivity index (χ0) is 12.5. The normalized spacial score (nSPS) is 15.8. The Kier molecular flexibility index (Phi) is 2.94. The lowest BCUT2D eigenvalue weighted by Gasteiger charge is -2.24. The summed E-state index contributed by atoms with van der Waals surface area (Å²) in [6.07, 6.45) is 5.17. The number of fused-ring (bicyclic) bond motifs is 1. The van der Waals surface area contributed by atoms with Crippen molar-refractivity contribution in [1.82, 2.24) is 0 Å². The molecule has 0 aliphatic heterocycles. The molecule has 18 heavy (non-hydrogen) atoms. The topological polar surface area (TPSA) is 30.2 Å². The van der Waals surface area contributed by atoms with Crippen molar-refractivity contribution in [2.24, 2.45) is 5.92 Å². The Balaban J connectivity index is 1.99. The van der Waals surface area contributed by atoms with Gasteiger partial charge in [-0.15, -0.1) is 0 Å². The van der Waals surface area contributed by atoms with Crippen LogP contribution in [0.3, 0.4) is 0 Å². The van der Waals surface area contributed by atoms with Crippen LogP contribution in [0.5, 0.6) is 0 Å². The Morgan fingerprint density at radius 1 is 1.33 bits per heavy atom. The molecular weight excluding hydrogens is 224 g/mol. The van der Waals surface area contributed by atoms with Crippen molar-refractivity contribution in [3.63, 3.8) is 0 Å². The van der Waals surface area contributed by atoms with Gasteiger partial charge in [-0.25, -0.2) is 0 Å². The number of Topliss-reactive ketones (excluding diaryl/α,β-unsaturated/α-hetero) is 1. The van der Waals surface area contributed by atoms with E-state index in [1.54, 1.807) is 0 Å². The lowest BCUT2D eigenvalue weighted by atomic mass is 9.80. The summed E-state index contributed by atoms with van der Waals surface area (Å²) in [4.78, 5) is 12.4. The van der Waals surface area contributed by atoms with E-state index in [0.29, 0.717) is 12.3 Å². The van der Waals surface area contributed by atoms with Crippen molar-refractivity contribution in [1.29, 1.82) is 0 Å². The number of aryl methyl sites for hydroxylation is 1. The number of rotatable bonds is 4. The quantitative estimate of drug-likeness (QED) is 0.745. The van der Waals surface area contributed by atoms with E-state index in [1.807, 2.05) is 31.2 Å². The second-order valence-electron chi connectivity index (χ2n) is 5.17. The number of carbonyl (C=O) groups is 1. The maximum atomic E-state index is 12.4. The fourth-order valence-corrected chi connectivity index (χ4v) is 2.71. The predicted molar refractivity (Wildman–Crippen MR) is 71.9 cm³/mol. The van der Waals surface area contributed by atoms with Crippen molar-refractivity contribution >= 4 is 16.8 Å². The first-order valence-corrected chi connectivity index (χ1v) is 6.83. The van der Waals surface area contributed by atoms with Gasteiger partial charge in [-0.3, -0.25) is 4.79 Å². The first kappa shape index (κ1) is 11.5. The Morgan fingerprint density at radius 3 is 2.78 bits per heavy atom. The lowest BCUT2D eigenvalue weighted by Crippen LogP contribution is -2.16. The van der Waals surface area contributed by atoms with E-state index in [-0.39, 0.29) is 5.78 Å². The molecule has 0 spiro atoms. The number of ketones is 1. The number of hydrogen-bond acceptors (Lipinski definition) is 2. The fourth-order valence-electron chi connectivity index (χ4n) is 2.71. The summed E-state index contributed by atoms with van der Waals surface area (Å²) in [5, 5.41) is 0.985. The molecule has 1 saturated carbocycles. The van der Waals surface area contributed by atoms with Crippen LogP contribution in [0.1, 0.15) is 48.7 Å². The third-order valence-corrected chi connectivity index (χ3v) is 3.97. The van der Waals surface area contributed by atoms with Crippen molar-refractivity contribution < 1.29 is 9.21 Å². The Labute approximate surface area is 107 Å².